The Morgan fingerprint density at radius 1 is 0.967 bits per heavy atom. The van der Waals surface area contributed by atoms with E-state index in [0.717, 1.165) is 15.8 Å². The second-order valence-corrected chi connectivity index (χ2v) is 6.49. The lowest BCUT2D eigenvalue weighted by Crippen LogP contribution is -2.40. The molecule has 0 saturated carbocycles. The number of benzene rings is 2. The highest BCUT2D eigenvalue weighted by Gasteiger charge is 2.36. The number of aromatic nitrogens is 1. The summed E-state index contributed by atoms with van der Waals surface area (Å²) in [7, 11) is 0. The number of rotatable bonds is 5. The Morgan fingerprint density at radius 2 is 1.70 bits per heavy atom. The minimum absolute atomic E-state index is 0.0825. The van der Waals surface area contributed by atoms with Crippen molar-refractivity contribution in [1.82, 2.24) is 15.2 Å². The lowest BCUT2D eigenvalue weighted by molar-refractivity contribution is -0.121. The van der Waals surface area contributed by atoms with Crippen LogP contribution in [0.2, 0.25) is 0 Å². The Bertz CT molecular complexity index is 1170. The molecule has 0 atom stereocenters. The molecule has 0 fully saturated rings. The van der Waals surface area contributed by atoms with E-state index in [0.29, 0.717) is 16.9 Å². The van der Waals surface area contributed by atoms with E-state index < -0.39 is 17.7 Å². The summed E-state index contributed by atoms with van der Waals surface area (Å²) in [6.07, 6.45) is 1.70. The standard InChI is InChI=1S/C23H17N3O4/c27-20(15-26-22(28)17-9-1-2-10-18(17)23(26)29)24-12-3-4-14-30-19-11-5-7-16-8-6-13-25-21(16)19/h1-2,5-11,13H,12,14-15H2,(H,24,27). The van der Waals surface area contributed by atoms with Crippen LogP contribution in [-0.4, -0.2) is 47.3 Å². The minimum atomic E-state index is -0.464. The van der Waals surface area contributed by atoms with Crippen molar-refractivity contribution in [3.05, 3.63) is 71.9 Å². The number of nitrogens with zero attached hydrogens (tertiary/aromatic N) is 2. The summed E-state index contributed by atoms with van der Waals surface area (Å²) in [5, 5.41) is 3.55. The normalized spacial score (nSPS) is 12.3. The molecule has 2 aromatic carbocycles. The van der Waals surface area contributed by atoms with Crippen molar-refractivity contribution in [3.8, 4) is 17.6 Å². The first-order valence-corrected chi connectivity index (χ1v) is 9.29. The molecular formula is C23H17N3O4. The summed E-state index contributed by atoms with van der Waals surface area (Å²) >= 11 is 0. The quantitative estimate of drug-likeness (QED) is 0.524. The Labute approximate surface area is 172 Å². The molecule has 30 heavy (non-hydrogen) atoms. The zero-order chi connectivity index (χ0) is 20.9. The SMILES string of the molecule is O=C(CN1C(=O)c2ccccc2C1=O)NCC#CCOc1cccc2cccnc12. The number of hydrogen-bond acceptors (Lipinski definition) is 5. The number of ether oxygens (including phenoxy) is 1. The van der Waals surface area contributed by atoms with Gasteiger partial charge in [-0.15, -0.1) is 0 Å². The van der Waals surface area contributed by atoms with Crippen molar-refractivity contribution in [2.75, 3.05) is 19.7 Å². The maximum atomic E-state index is 12.3. The Morgan fingerprint density at radius 3 is 2.47 bits per heavy atom. The number of fused-ring (bicyclic) bond motifs is 2. The molecule has 3 aromatic rings. The Balaban J connectivity index is 1.26. The van der Waals surface area contributed by atoms with Gasteiger partial charge >= 0.3 is 0 Å². The van der Waals surface area contributed by atoms with Gasteiger partial charge in [-0.25, -0.2) is 0 Å². The first kappa shape index (κ1) is 19.2. The van der Waals surface area contributed by atoms with Crippen LogP contribution in [0.4, 0.5) is 0 Å². The van der Waals surface area contributed by atoms with Gasteiger partial charge < -0.3 is 10.1 Å². The molecule has 0 radical (unpaired) electrons. The molecule has 148 valence electrons. The van der Waals surface area contributed by atoms with Crippen LogP contribution in [0.1, 0.15) is 20.7 Å². The van der Waals surface area contributed by atoms with Crippen LogP contribution in [0.5, 0.6) is 5.75 Å². The molecule has 1 N–H and O–H groups in total. The average molecular weight is 399 g/mol. The second-order valence-electron chi connectivity index (χ2n) is 6.49. The number of nitrogens with one attached hydrogen (secondary N) is 1. The smallest absolute Gasteiger partial charge is 0.262 e. The summed E-state index contributed by atoms with van der Waals surface area (Å²) in [6, 6.07) is 16.0. The fourth-order valence-electron chi connectivity index (χ4n) is 3.15. The maximum absolute atomic E-state index is 12.3. The van der Waals surface area contributed by atoms with E-state index in [4.69, 9.17) is 4.74 Å². The zero-order valence-corrected chi connectivity index (χ0v) is 15.9. The van der Waals surface area contributed by atoms with Crippen LogP contribution >= 0.6 is 0 Å². The molecular weight excluding hydrogens is 382 g/mol. The van der Waals surface area contributed by atoms with Gasteiger partial charge in [0.05, 0.1) is 17.7 Å². The lowest BCUT2D eigenvalue weighted by Gasteiger charge is -2.12. The van der Waals surface area contributed by atoms with Gasteiger partial charge in [-0.05, 0) is 24.3 Å². The minimum Gasteiger partial charge on any atom is -0.479 e. The molecule has 7 nitrogen and oxygen atoms in total. The van der Waals surface area contributed by atoms with E-state index in [1.165, 1.54) is 0 Å². The number of carbonyl (C=O) groups is 3. The van der Waals surface area contributed by atoms with Gasteiger partial charge in [0.15, 0.2) is 0 Å². The van der Waals surface area contributed by atoms with E-state index in [1.54, 1.807) is 30.5 Å². The van der Waals surface area contributed by atoms with Crippen molar-refractivity contribution < 1.29 is 19.1 Å². The molecule has 3 amide bonds. The molecule has 0 aliphatic carbocycles. The third-order valence-corrected chi connectivity index (χ3v) is 4.57. The van der Waals surface area contributed by atoms with Crippen LogP contribution < -0.4 is 10.1 Å². The molecule has 0 spiro atoms. The summed E-state index contributed by atoms with van der Waals surface area (Å²) < 4.78 is 5.65. The summed E-state index contributed by atoms with van der Waals surface area (Å²) in [5.74, 6) is 4.85. The lowest BCUT2D eigenvalue weighted by atomic mass is 10.1. The van der Waals surface area contributed by atoms with Crippen molar-refractivity contribution >= 4 is 28.6 Å². The van der Waals surface area contributed by atoms with Crippen LogP contribution in [0.3, 0.4) is 0 Å². The number of carbonyl (C=O) groups excluding carboxylic acids is 3. The van der Waals surface area contributed by atoms with E-state index in [-0.39, 0.29) is 19.7 Å². The molecule has 1 aliphatic heterocycles. The molecule has 0 bridgehead atoms. The van der Waals surface area contributed by atoms with Crippen molar-refractivity contribution in [1.29, 1.82) is 0 Å². The fraction of sp³-hybridized carbons (Fsp3) is 0.130. The largest absolute Gasteiger partial charge is 0.479 e. The van der Waals surface area contributed by atoms with E-state index in [1.807, 2.05) is 30.3 Å². The Hall–Kier alpha value is -4.18. The van der Waals surface area contributed by atoms with E-state index >= 15 is 0 Å². The highest BCUT2D eigenvalue weighted by molar-refractivity contribution is 6.22. The molecule has 0 saturated heterocycles. The van der Waals surface area contributed by atoms with Crippen molar-refractivity contribution in [3.63, 3.8) is 0 Å². The fourth-order valence-corrected chi connectivity index (χ4v) is 3.15. The van der Waals surface area contributed by atoms with Crippen molar-refractivity contribution in [2.45, 2.75) is 0 Å². The van der Waals surface area contributed by atoms with Gasteiger partial charge in [0, 0.05) is 11.6 Å². The van der Waals surface area contributed by atoms with Crippen LogP contribution in [0, 0.1) is 11.8 Å². The second kappa shape index (κ2) is 8.45. The number of imide groups is 1. The molecule has 2 heterocycles. The van der Waals surface area contributed by atoms with Gasteiger partial charge in [-0.1, -0.05) is 42.2 Å². The van der Waals surface area contributed by atoms with Crippen molar-refractivity contribution in [2.24, 2.45) is 0 Å². The van der Waals surface area contributed by atoms with Crippen LogP contribution in [-0.2, 0) is 4.79 Å². The topological polar surface area (TPSA) is 88.6 Å². The Kier molecular flexibility index (Phi) is 5.39. The summed E-state index contributed by atoms with van der Waals surface area (Å²) in [5.41, 5.74) is 1.39. The van der Waals surface area contributed by atoms with Gasteiger partial charge in [-0.2, -0.15) is 0 Å². The molecule has 4 rings (SSSR count). The van der Waals surface area contributed by atoms with Gasteiger partial charge in [0.1, 0.15) is 24.4 Å². The first-order valence-electron chi connectivity index (χ1n) is 9.29. The monoisotopic (exact) mass is 399 g/mol. The van der Waals surface area contributed by atoms with Gasteiger partial charge in [0.25, 0.3) is 11.8 Å². The van der Waals surface area contributed by atoms with Crippen LogP contribution in [0.15, 0.2) is 60.8 Å². The third-order valence-electron chi connectivity index (χ3n) is 4.57. The van der Waals surface area contributed by atoms with E-state index in [9.17, 15) is 14.4 Å². The predicted molar refractivity (Wildman–Crippen MR) is 110 cm³/mol. The predicted octanol–water partition coefficient (Wildman–Crippen LogP) is 2.03. The number of para-hydroxylation sites is 1. The summed E-state index contributed by atoms with van der Waals surface area (Å²) in [4.78, 5) is 41.8. The highest BCUT2D eigenvalue weighted by Crippen LogP contribution is 2.23. The first-order chi connectivity index (χ1) is 14.6. The van der Waals surface area contributed by atoms with E-state index in [2.05, 4.69) is 22.1 Å². The molecule has 1 aromatic heterocycles. The van der Waals surface area contributed by atoms with Gasteiger partial charge in [0.2, 0.25) is 5.91 Å². The number of pyridine rings is 1. The number of amides is 3. The maximum Gasteiger partial charge on any atom is 0.262 e. The van der Waals surface area contributed by atoms with Gasteiger partial charge in [-0.3, -0.25) is 24.3 Å². The third kappa shape index (κ3) is 3.84. The average Bonchev–Trinajstić information content (AvgIpc) is 3.01. The summed E-state index contributed by atoms with van der Waals surface area (Å²) in [6.45, 7) is -0.116. The highest BCUT2D eigenvalue weighted by atomic mass is 16.5. The molecule has 0 unspecified atom stereocenters. The zero-order valence-electron chi connectivity index (χ0n) is 15.9. The number of hydrogen-bond donors (Lipinski definition) is 1. The van der Waals surface area contributed by atoms with Crippen LogP contribution in [0.25, 0.3) is 10.9 Å². The molecule has 7 heteroatoms. The molecule has 1 aliphatic rings.